The van der Waals surface area contributed by atoms with Crippen molar-refractivity contribution in [3.63, 3.8) is 0 Å². The first kappa shape index (κ1) is 19.2. The zero-order chi connectivity index (χ0) is 14.1. The second-order valence-corrected chi connectivity index (χ2v) is 5.24. The highest BCUT2D eigenvalue weighted by molar-refractivity contribution is 14.0. The molecule has 1 rings (SSSR count). The van der Waals surface area contributed by atoms with E-state index in [1.54, 1.807) is 0 Å². The number of guanidine groups is 1. The fourth-order valence-corrected chi connectivity index (χ4v) is 2.13. The molecule has 6 heteroatoms. The van der Waals surface area contributed by atoms with Gasteiger partial charge in [0.25, 0.3) is 0 Å². The van der Waals surface area contributed by atoms with Gasteiger partial charge >= 0.3 is 0 Å². The van der Waals surface area contributed by atoms with Gasteiger partial charge in [-0.1, -0.05) is 31.4 Å². The van der Waals surface area contributed by atoms with Crippen LogP contribution in [0.5, 0.6) is 0 Å². The highest BCUT2D eigenvalue weighted by Gasteiger charge is 2.15. The molecular formula is C14H27IN4O. The van der Waals surface area contributed by atoms with Crippen LogP contribution in [-0.2, 0) is 4.79 Å². The normalized spacial score (nSPS) is 16.1. The summed E-state index contributed by atoms with van der Waals surface area (Å²) in [6.07, 6.45) is 6.40. The van der Waals surface area contributed by atoms with E-state index in [1.807, 2.05) is 6.92 Å². The molecule has 0 aromatic rings. The quantitative estimate of drug-likeness (QED) is 0.279. The summed E-state index contributed by atoms with van der Waals surface area (Å²) in [5.74, 6) is 0.459. The van der Waals surface area contributed by atoms with Gasteiger partial charge in [-0.2, -0.15) is 0 Å². The van der Waals surface area contributed by atoms with Crippen LogP contribution < -0.4 is 16.4 Å². The molecule has 0 saturated heterocycles. The second-order valence-electron chi connectivity index (χ2n) is 5.24. The first-order valence-corrected chi connectivity index (χ1v) is 7.05. The Labute approximate surface area is 138 Å². The molecule has 0 heterocycles. The molecule has 1 amide bonds. The number of hydrogen-bond donors (Lipinski definition) is 3. The number of halogens is 1. The number of carbonyl (C=O) groups is 1. The number of aliphatic imine (C=N–C) groups is 1. The standard InChI is InChI=1S/C14H26N4O.HI/c1-11(2)10-17-14(15)16-9-8-13(19)18-12-6-4-3-5-7-12;/h12H,1,3-10H2,2H3,(H,18,19)(H3,15,16,17);1H. The van der Waals surface area contributed by atoms with Gasteiger partial charge in [-0.15, -0.1) is 24.0 Å². The van der Waals surface area contributed by atoms with Crippen LogP contribution in [0.25, 0.3) is 0 Å². The summed E-state index contributed by atoms with van der Waals surface area (Å²) in [7, 11) is 0. The third kappa shape index (κ3) is 9.17. The molecule has 1 fully saturated rings. The molecule has 0 aromatic heterocycles. The van der Waals surface area contributed by atoms with E-state index in [2.05, 4.69) is 22.2 Å². The predicted octanol–water partition coefficient (Wildman–Crippen LogP) is 1.92. The molecule has 0 spiro atoms. The minimum Gasteiger partial charge on any atom is -0.370 e. The van der Waals surface area contributed by atoms with Crippen LogP contribution in [0.3, 0.4) is 0 Å². The molecule has 0 radical (unpaired) electrons. The van der Waals surface area contributed by atoms with Crippen molar-refractivity contribution < 1.29 is 4.79 Å². The third-order valence-corrected chi connectivity index (χ3v) is 3.15. The fraction of sp³-hybridized carbons (Fsp3) is 0.714. The van der Waals surface area contributed by atoms with Crippen molar-refractivity contribution in [2.24, 2.45) is 10.7 Å². The van der Waals surface area contributed by atoms with Gasteiger partial charge in [0.15, 0.2) is 5.96 Å². The average molecular weight is 394 g/mol. The lowest BCUT2D eigenvalue weighted by molar-refractivity contribution is -0.121. The third-order valence-electron chi connectivity index (χ3n) is 3.15. The Bertz CT molecular complexity index is 338. The zero-order valence-electron chi connectivity index (χ0n) is 12.3. The highest BCUT2D eigenvalue weighted by Crippen LogP contribution is 2.17. The van der Waals surface area contributed by atoms with Gasteiger partial charge in [-0.05, 0) is 19.8 Å². The van der Waals surface area contributed by atoms with Crippen molar-refractivity contribution in [3.8, 4) is 0 Å². The Balaban J connectivity index is 0.00000361. The Morgan fingerprint density at radius 1 is 1.35 bits per heavy atom. The lowest BCUT2D eigenvalue weighted by Crippen LogP contribution is -2.39. The van der Waals surface area contributed by atoms with Crippen LogP contribution in [0.1, 0.15) is 45.4 Å². The van der Waals surface area contributed by atoms with Gasteiger partial charge in [-0.3, -0.25) is 4.79 Å². The molecule has 5 nitrogen and oxygen atoms in total. The van der Waals surface area contributed by atoms with Crippen molar-refractivity contribution >= 4 is 35.8 Å². The van der Waals surface area contributed by atoms with Crippen molar-refractivity contribution in [1.29, 1.82) is 0 Å². The summed E-state index contributed by atoms with van der Waals surface area (Å²) in [6.45, 7) is 6.68. The van der Waals surface area contributed by atoms with Crippen molar-refractivity contribution in [2.45, 2.75) is 51.5 Å². The van der Waals surface area contributed by atoms with Crippen LogP contribution >= 0.6 is 24.0 Å². The summed E-state index contributed by atoms with van der Waals surface area (Å²) in [6, 6.07) is 0.371. The smallest absolute Gasteiger partial charge is 0.221 e. The van der Waals surface area contributed by atoms with E-state index >= 15 is 0 Å². The number of amides is 1. The zero-order valence-corrected chi connectivity index (χ0v) is 14.6. The minimum atomic E-state index is 0. The Morgan fingerprint density at radius 3 is 2.60 bits per heavy atom. The van der Waals surface area contributed by atoms with Crippen LogP contribution in [-0.4, -0.2) is 31.0 Å². The molecule has 0 unspecified atom stereocenters. The lowest BCUT2D eigenvalue weighted by Gasteiger charge is -2.22. The first-order chi connectivity index (χ1) is 9.08. The molecular weight excluding hydrogens is 367 g/mol. The number of rotatable bonds is 6. The lowest BCUT2D eigenvalue weighted by atomic mass is 9.95. The highest BCUT2D eigenvalue weighted by atomic mass is 127. The Morgan fingerprint density at radius 2 is 2.00 bits per heavy atom. The van der Waals surface area contributed by atoms with Crippen molar-refractivity contribution in [1.82, 2.24) is 10.6 Å². The maximum atomic E-state index is 11.7. The average Bonchev–Trinajstić information content (AvgIpc) is 2.37. The Kier molecular flexibility index (Phi) is 10.5. The second kappa shape index (κ2) is 10.9. The maximum absolute atomic E-state index is 11.7. The first-order valence-electron chi connectivity index (χ1n) is 7.05. The number of nitrogens with one attached hydrogen (secondary N) is 2. The summed E-state index contributed by atoms with van der Waals surface area (Å²) < 4.78 is 0. The van der Waals surface area contributed by atoms with Gasteiger partial charge < -0.3 is 16.4 Å². The van der Waals surface area contributed by atoms with E-state index in [-0.39, 0.29) is 29.9 Å². The van der Waals surface area contributed by atoms with Gasteiger partial charge in [-0.25, -0.2) is 4.99 Å². The molecule has 0 bridgehead atoms. The SMILES string of the molecule is C=C(C)CN=C(N)NCCC(=O)NC1CCCCC1.I. The van der Waals surface area contributed by atoms with E-state index in [4.69, 9.17) is 5.73 Å². The number of carbonyl (C=O) groups excluding carboxylic acids is 1. The predicted molar refractivity (Wildman–Crippen MR) is 94.4 cm³/mol. The molecule has 0 aliphatic heterocycles. The van der Waals surface area contributed by atoms with E-state index < -0.39 is 0 Å². The maximum Gasteiger partial charge on any atom is 0.221 e. The number of nitrogens with two attached hydrogens (primary N) is 1. The van der Waals surface area contributed by atoms with Crippen LogP contribution in [0.15, 0.2) is 17.1 Å². The molecule has 1 aliphatic carbocycles. The molecule has 20 heavy (non-hydrogen) atoms. The minimum absolute atomic E-state index is 0. The Hall–Kier alpha value is -0.790. The summed E-state index contributed by atoms with van der Waals surface area (Å²) >= 11 is 0. The van der Waals surface area contributed by atoms with Crippen molar-refractivity contribution in [3.05, 3.63) is 12.2 Å². The van der Waals surface area contributed by atoms with E-state index in [0.717, 1.165) is 18.4 Å². The van der Waals surface area contributed by atoms with Crippen molar-refractivity contribution in [2.75, 3.05) is 13.1 Å². The summed E-state index contributed by atoms with van der Waals surface area (Å²) in [5, 5.41) is 6.00. The monoisotopic (exact) mass is 394 g/mol. The van der Waals surface area contributed by atoms with Crippen LogP contribution in [0.2, 0.25) is 0 Å². The summed E-state index contributed by atoms with van der Waals surface area (Å²) in [4.78, 5) is 15.8. The van der Waals surface area contributed by atoms with E-state index in [1.165, 1.54) is 19.3 Å². The molecule has 116 valence electrons. The summed E-state index contributed by atoms with van der Waals surface area (Å²) in [5.41, 5.74) is 6.62. The van der Waals surface area contributed by atoms with Gasteiger partial charge in [0.1, 0.15) is 0 Å². The fourth-order valence-electron chi connectivity index (χ4n) is 2.13. The molecule has 1 aliphatic rings. The topological polar surface area (TPSA) is 79.5 Å². The molecule has 0 atom stereocenters. The van der Waals surface area contributed by atoms with Gasteiger partial charge in [0.05, 0.1) is 6.54 Å². The molecule has 4 N–H and O–H groups in total. The number of nitrogens with zero attached hydrogens (tertiary/aromatic N) is 1. The number of hydrogen-bond acceptors (Lipinski definition) is 2. The van der Waals surface area contributed by atoms with E-state index in [0.29, 0.717) is 31.5 Å². The van der Waals surface area contributed by atoms with Gasteiger partial charge in [0, 0.05) is 19.0 Å². The largest absolute Gasteiger partial charge is 0.370 e. The van der Waals surface area contributed by atoms with Gasteiger partial charge in [0.2, 0.25) is 5.91 Å². The van der Waals surface area contributed by atoms with Crippen LogP contribution in [0, 0.1) is 0 Å². The van der Waals surface area contributed by atoms with Crippen LogP contribution in [0.4, 0.5) is 0 Å². The molecule has 0 aromatic carbocycles. The van der Waals surface area contributed by atoms with E-state index in [9.17, 15) is 4.79 Å². The molecule has 1 saturated carbocycles.